The molecule has 1 aromatic rings. The zero-order valence-corrected chi connectivity index (χ0v) is 15.9. The summed E-state index contributed by atoms with van der Waals surface area (Å²) in [5, 5.41) is 10.2. The lowest BCUT2D eigenvalue weighted by atomic mass is 9.90. The molecule has 1 atom stereocenters. The van der Waals surface area contributed by atoms with Crippen LogP contribution in [0.1, 0.15) is 32.8 Å². The normalized spacial score (nSPS) is 21.1. The van der Waals surface area contributed by atoms with Crippen LogP contribution in [0, 0.1) is 5.41 Å². The number of nitrogens with zero attached hydrogens (tertiary/aromatic N) is 1. The Labute approximate surface area is 152 Å². The smallest absolute Gasteiger partial charge is 0.324 e. The van der Waals surface area contributed by atoms with E-state index < -0.39 is 24.3 Å². The average molecular weight is 392 g/mol. The molecule has 0 bridgehead atoms. The SMILES string of the molecule is CC1(CC(C)(C)P(=O)(O)O)NC(=O)N(OCc2ccccc2)C1=N.Cl. The molecule has 1 fully saturated rings. The Balaban J connectivity index is 0.00000312. The van der Waals surface area contributed by atoms with Crippen molar-refractivity contribution in [1.29, 1.82) is 5.41 Å². The molecule has 140 valence electrons. The highest BCUT2D eigenvalue weighted by Crippen LogP contribution is 2.54. The third-order valence-electron chi connectivity index (χ3n) is 4.07. The second-order valence-electron chi connectivity index (χ2n) is 6.70. The third-order valence-corrected chi connectivity index (χ3v) is 5.81. The molecule has 25 heavy (non-hydrogen) atoms. The summed E-state index contributed by atoms with van der Waals surface area (Å²) >= 11 is 0. The van der Waals surface area contributed by atoms with Gasteiger partial charge in [0.1, 0.15) is 12.1 Å². The standard InChI is InChI=1S/C15H22N3O5P.ClH/c1-14(2,24(20,21)22)10-15(3)12(16)18(13(19)17-15)23-9-11-7-5-4-6-8-11;/h4-8,16H,9-10H2,1-3H3,(H,17,19)(H2,20,21,22);1H. The monoisotopic (exact) mass is 391 g/mol. The summed E-state index contributed by atoms with van der Waals surface area (Å²) in [5.41, 5.74) is -0.388. The van der Waals surface area contributed by atoms with Gasteiger partial charge in [-0.25, -0.2) is 4.79 Å². The molecule has 0 saturated carbocycles. The van der Waals surface area contributed by atoms with Crippen LogP contribution in [-0.2, 0) is 16.0 Å². The molecular weight excluding hydrogens is 369 g/mol. The first kappa shape index (κ1) is 21.6. The number of carbonyl (C=O) groups is 1. The number of hydrogen-bond donors (Lipinski definition) is 4. The Morgan fingerprint density at radius 2 is 1.88 bits per heavy atom. The number of urea groups is 1. The third kappa shape index (κ3) is 4.59. The molecule has 1 aromatic carbocycles. The number of hydroxylamine groups is 2. The molecule has 1 aliphatic rings. The fourth-order valence-electron chi connectivity index (χ4n) is 2.60. The van der Waals surface area contributed by atoms with E-state index in [0.29, 0.717) is 0 Å². The summed E-state index contributed by atoms with van der Waals surface area (Å²) in [6, 6.07) is 8.55. The summed E-state index contributed by atoms with van der Waals surface area (Å²) in [6.45, 7) is 4.48. The van der Waals surface area contributed by atoms with Crippen LogP contribution >= 0.6 is 20.0 Å². The number of carbonyl (C=O) groups excluding carboxylic acids is 1. The number of benzene rings is 1. The van der Waals surface area contributed by atoms with Crippen molar-refractivity contribution >= 4 is 31.9 Å². The van der Waals surface area contributed by atoms with E-state index in [-0.39, 0.29) is 31.3 Å². The van der Waals surface area contributed by atoms with Gasteiger partial charge in [0.15, 0.2) is 5.84 Å². The van der Waals surface area contributed by atoms with Gasteiger partial charge in [-0.2, -0.15) is 5.06 Å². The Hall–Kier alpha value is -1.44. The van der Waals surface area contributed by atoms with Gasteiger partial charge < -0.3 is 15.1 Å². The van der Waals surface area contributed by atoms with Gasteiger partial charge in [0, 0.05) is 0 Å². The van der Waals surface area contributed by atoms with Gasteiger partial charge >= 0.3 is 13.6 Å². The van der Waals surface area contributed by atoms with Crippen molar-refractivity contribution in [3.63, 3.8) is 0 Å². The summed E-state index contributed by atoms with van der Waals surface area (Å²) in [6.07, 6.45) is -0.0972. The van der Waals surface area contributed by atoms with Gasteiger partial charge in [-0.05, 0) is 32.8 Å². The topological polar surface area (TPSA) is 123 Å². The second-order valence-corrected chi connectivity index (χ2v) is 9.00. The van der Waals surface area contributed by atoms with E-state index in [2.05, 4.69) is 5.32 Å². The Morgan fingerprint density at radius 1 is 1.32 bits per heavy atom. The minimum Gasteiger partial charge on any atom is -0.324 e. The number of rotatable bonds is 6. The molecule has 0 spiro atoms. The van der Waals surface area contributed by atoms with Crippen molar-refractivity contribution in [2.75, 3.05) is 0 Å². The summed E-state index contributed by atoms with van der Waals surface area (Å²) < 4.78 is 11.6. The highest BCUT2D eigenvalue weighted by Gasteiger charge is 2.52. The van der Waals surface area contributed by atoms with Crippen LogP contribution in [0.25, 0.3) is 0 Å². The summed E-state index contributed by atoms with van der Waals surface area (Å²) in [5.74, 6) is -0.176. The Morgan fingerprint density at radius 3 is 2.40 bits per heavy atom. The van der Waals surface area contributed by atoms with E-state index in [1.807, 2.05) is 30.3 Å². The van der Waals surface area contributed by atoms with Gasteiger partial charge in [0.05, 0.1) is 5.16 Å². The second kappa shape index (κ2) is 7.43. The maximum Gasteiger partial charge on any atom is 0.348 e. The lowest BCUT2D eigenvalue weighted by Crippen LogP contribution is -2.48. The zero-order valence-electron chi connectivity index (χ0n) is 14.2. The van der Waals surface area contributed by atoms with Crippen molar-refractivity contribution in [1.82, 2.24) is 10.4 Å². The maximum absolute atomic E-state index is 12.1. The molecule has 1 aliphatic heterocycles. The van der Waals surface area contributed by atoms with Gasteiger partial charge in [-0.3, -0.25) is 14.8 Å². The molecule has 2 amide bonds. The molecule has 0 aliphatic carbocycles. The predicted molar refractivity (Wildman–Crippen MR) is 95.7 cm³/mol. The largest absolute Gasteiger partial charge is 0.348 e. The van der Waals surface area contributed by atoms with Gasteiger partial charge in [0.2, 0.25) is 0 Å². The molecule has 1 unspecified atom stereocenters. The van der Waals surface area contributed by atoms with Crippen LogP contribution < -0.4 is 5.32 Å². The number of hydrogen-bond acceptors (Lipinski definition) is 4. The number of nitrogens with one attached hydrogen (secondary N) is 2. The van der Waals surface area contributed by atoms with E-state index in [9.17, 15) is 19.1 Å². The van der Waals surface area contributed by atoms with Crippen molar-refractivity contribution in [3.8, 4) is 0 Å². The van der Waals surface area contributed by atoms with Gasteiger partial charge in [-0.15, -0.1) is 12.4 Å². The molecule has 10 heteroatoms. The van der Waals surface area contributed by atoms with E-state index in [1.54, 1.807) is 6.92 Å². The van der Waals surface area contributed by atoms with E-state index in [1.165, 1.54) is 13.8 Å². The van der Waals surface area contributed by atoms with Crippen LogP contribution in [0.5, 0.6) is 0 Å². The fourth-order valence-corrected chi connectivity index (χ4v) is 3.13. The molecular formula is C15H23ClN3O5P. The molecule has 0 aromatic heterocycles. The lowest BCUT2D eigenvalue weighted by Gasteiger charge is -2.34. The number of halogens is 1. The first-order chi connectivity index (χ1) is 11.0. The highest BCUT2D eigenvalue weighted by molar-refractivity contribution is 7.53. The average Bonchev–Trinajstić information content (AvgIpc) is 2.66. The Kier molecular flexibility index (Phi) is 6.42. The first-order valence-corrected chi connectivity index (χ1v) is 9.01. The molecule has 8 nitrogen and oxygen atoms in total. The van der Waals surface area contributed by atoms with Crippen molar-refractivity contribution in [2.45, 2.75) is 44.5 Å². The number of amidine groups is 1. The minimum atomic E-state index is -4.40. The molecule has 1 heterocycles. The van der Waals surface area contributed by atoms with E-state index >= 15 is 0 Å². The molecule has 0 radical (unpaired) electrons. The van der Waals surface area contributed by atoms with Crippen LogP contribution in [0.2, 0.25) is 0 Å². The highest BCUT2D eigenvalue weighted by atomic mass is 35.5. The molecule has 4 N–H and O–H groups in total. The molecule has 2 rings (SSSR count). The first-order valence-electron chi connectivity index (χ1n) is 7.40. The quantitative estimate of drug-likeness (QED) is 0.555. The van der Waals surface area contributed by atoms with Crippen LogP contribution in [-0.4, -0.2) is 37.4 Å². The molecule has 1 saturated heterocycles. The van der Waals surface area contributed by atoms with Crippen LogP contribution in [0.4, 0.5) is 4.79 Å². The zero-order chi connectivity index (χ0) is 18.2. The maximum atomic E-state index is 12.1. The predicted octanol–water partition coefficient (Wildman–Crippen LogP) is 2.65. The Bertz CT molecular complexity index is 694. The van der Waals surface area contributed by atoms with Crippen molar-refractivity contribution in [2.24, 2.45) is 0 Å². The summed E-state index contributed by atoms with van der Waals surface area (Å²) in [7, 11) is -4.40. The number of amides is 2. The van der Waals surface area contributed by atoms with E-state index in [0.717, 1.165) is 10.6 Å². The van der Waals surface area contributed by atoms with Crippen molar-refractivity contribution < 1.29 is 24.0 Å². The lowest BCUT2D eigenvalue weighted by molar-refractivity contribution is -0.0687. The van der Waals surface area contributed by atoms with Crippen LogP contribution in [0.15, 0.2) is 30.3 Å². The summed E-state index contributed by atoms with van der Waals surface area (Å²) in [4.78, 5) is 36.5. The minimum absolute atomic E-state index is 0. The fraction of sp³-hybridized carbons (Fsp3) is 0.467. The van der Waals surface area contributed by atoms with Gasteiger partial charge in [0.25, 0.3) is 0 Å². The van der Waals surface area contributed by atoms with Crippen LogP contribution in [0.3, 0.4) is 0 Å². The van der Waals surface area contributed by atoms with Gasteiger partial charge in [-0.1, -0.05) is 30.3 Å². The van der Waals surface area contributed by atoms with E-state index in [4.69, 9.17) is 10.2 Å². The van der Waals surface area contributed by atoms with Crippen molar-refractivity contribution in [3.05, 3.63) is 35.9 Å².